The van der Waals surface area contributed by atoms with Gasteiger partial charge < -0.3 is 9.47 Å². The van der Waals surface area contributed by atoms with E-state index in [1.54, 1.807) is 13.8 Å². The van der Waals surface area contributed by atoms with Crippen molar-refractivity contribution in [3.63, 3.8) is 0 Å². The second-order valence-electron chi connectivity index (χ2n) is 3.53. The number of esters is 2. The lowest BCUT2D eigenvalue weighted by atomic mass is 10.4. The second-order valence-corrected chi connectivity index (χ2v) is 3.53. The molecule has 0 aromatic rings. The van der Waals surface area contributed by atoms with Crippen LogP contribution < -0.4 is 0 Å². The number of ether oxygens (including phenoxy) is 2. The van der Waals surface area contributed by atoms with Gasteiger partial charge >= 0.3 is 11.9 Å². The molecule has 0 saturated carbocycles. The minimum absolute atomic E-state index is 0.191. The van der Waals surface area contributed by atoms with Gasteiger partial charge in [-0.15, -0.1) is 0 Å². The molecular weight excluding hydrogens is 212 g/mol. The van der Waals surface area contributed by atoms with Crippen LogP contribution in [0.2, 0.25) is 0 Å². The molecule has 6 nitrogen and oxygen atoms in total. The van der Waals surface area contributed by atoms with Crippen molar-refractivity contribution in [2.75, 3.05) is 13.2 Å². The highest BCUT2D eigenvalue weighted by Crippen LogP contribution is 1.98. The second kappa shape index (κ2) is 7.78. The highest BCUT2D eigenvalue weighted by atomic mass is 16.5. The Hall–Kier alpha value is -1.46. The Morgan fingerprint density at radius 3 is 1.50 bits per heavy atom. The van der Waals surface area contributed by atoms with Crippen LogP contribution in [0.5, 0.6) is 0 Å². The number of hydrogen-bond donors (Lipinski definition) is 0. The molecule has 2 atom stereocenters. The van der Waals surface area contributed by atoms with Crippen LogP contribution in [-0.4, -0.2) is 37.2 Å². The van der Waals surface area contributed by atoms with Gasteiger partial charge in [0.25, 0.3) is 0 Å². The first-order chi connectivity index (χ1) is 7.41. The Balaban J connectivity index is 3.78. The van der Waals surface area contributed by atoms with E-state index in [0.717, 1.165) is 0 Å². The van der Waals surface area contributed by atoms with Crippen LogP contribution in [0.1, 0.15) is 27.7 Å². The van der Waals surface area contributed by atoms with Gasteiger partial charge in [-0.1, -0.05) is 0 Å². The van der Waals surface area contributed by atoms with E-state index in [0.29, 0.717) is 0 Å². The van der Waals surface area contributed by atoms with Gasteiger partial charge in [0, 0.05) is 13.8 Å². The van der Waals surface area contributed by atoms with Crippen molar-refractivity contribution in [1.29, 1.82) is 0 Å². The predicted molar refractivity (Wildman–Crippen MR) is 57.0 cm³/mol. The molecule has 0 rings (SSSR count). The van der Waals surface area contributed by atoms with E-state index in [-0.39, 0.29) is 37.2 Å². The number of hydrogen-bond acceptors (Lipinski definition) is 6. The Bertz CT molecular complexity index is 240. The molecule has 0 aromatic heterocycles. The summed E-state index contributed by atoms with van der Waals surface area (Å²) in [5, 5.41) is 7.86. The maximum absolute atomic E-state index is 10.5. The summed E-state index contributed by atoms with van der Waals surface area (Å²) in [6.07, 6.45) is 0. The number of carbonyl (C=O) groups excluding carboxylic acids is 2. The molecule has 0 aliphatic carbocycles. The highest BCUT2D eigenvalue weighted by molar-refractivity contribution is 5.66. The molecule has 0 aromatic carbocycles. The number of nitrogens with zero attached hydrogens (tertiary/aromatic N) is 2. The fraction of sp³-hybridized carbons (Fsp3) is 0.800. The van der Waals surface area contributed by atoms with Gasteiger partial charge in [0.1, 0.15) is 25.3 Å². The Morgan fingerprint density at radius 2 is 1.25 bits per heavy atom. The summed E-state index contributed by atoms with van der Waals surface area (Å²) in [4.78, 5) is 21.0. The third kappa shape index (κ3) is 9.11. The van der Waals surface area contributed by atoms with Gasteiger partial charge in [-0.25, -0.2) is 0 Å². The van der Waals surface area contributed by atoms with Crippen LogP contribution in [0, 0.1) is 0 Å². The number of rotatable bonds is 6. The molecule has 0 N–H and O–H groups in total. The van der Waals surface area contributed by atoms with Crippen molar-refractivity contribution < 1.29 is 19.1 Å². The van der Waals surface area contributed by atoms with E-state index in [2.05, 4.69) is 10.2 Å². The first-order valence-electron chi connectivity index (χ1n) is 5.08. The van der Waals surface area contributed by atoms with Crippen LogP contribution in [-0.2, 0) is 19.1 Å². The Labute approximate surface area is 95.0 Å². The molecule has 6 heteroatoms. The molecule has 0 bridgehead atoms. The van der Waals surface area contributed by atoms with Crippen LogP contribution in [0.4, 0.5) is 0 Å². The molecule has 2 unspecified atom stereocenters. The lowest BCUT2D eigenvalue weighted by Gasteiger charge is -2.07. The molecule has 0 aliphatic heterocycles. The minimum Gasteiger partial charge on any atom is -0.464 e. The van der Waals surface area contributed by atoms with E-state index in [9.17, 15) is 9.59 Å². The number of azo groups is 1. The van der Waals surface area contributed by atoms with Crippen LogP contribution in [0.3, 0.4) is 0 Å². The van der Waals surface area contributed by atoms with Crippen molar-refractivity contribution >= 4 is 11.9 Å². The monoisotopic (exact) mass is 230 g/mol. The molecular formula is C10H18N2O4. The summed E-state index contributed by atoms with van der Waals surface area (Å²) in [6.45, 7) is 6.66. The predicted octanol–water partition coefficient (Wildman–Crippen LogP) is 1.34. The molecule has 0 spiro atoms. The quantitative estimate of drug-likeness (QED) is 0.509. The summed E-state index contributed by atoms with van der Waals surface area (Å²) in [5.74, 6) is -0.676. The average molecular weight is 230 g/mol. The van der Waals surface area contributed by atoms with Crippen molar-refractivity contribution in [2.45, 2.75) is 39.8 Å². The van der Waals surface area contributed by atoms with E-state index < -0.39 is 0 Å². The van der Waals surface area contributed by atoms with Crippen LogP contribution in [0.25, 0.3) is 0 Å². The first kappa shape index (κ1) is 14.5. The van der Waals surface area contributed by atoms with Crippen molar-refractivity contribution in [2.24, 2.45) is 10.2 Å². The molecule has 92 valence electrons. The maximum atomic E-state index is 10.5. The molecule has 16 heavy (non-hydrogen) atoms. The summed E-state index contributed by atoms with van der Waals surface area (Å²) in [7, 11) is 0. The van der Waals surface area contributed by atoms with Crippen molar-refractivity contribution in [3.05, 3.63) is 0 Å². The summed E-state index contributed by atoms with van der Waals surface area (Å²) >= 11 is 0. The highest BCUT2D eigenvalue weighted by Gasteiger charge is 2.05. The van der Waals surface area contributed by atoms with Gasteiger partial charge in [0.2, 0.25) is 0 Å². The Morgan fingerprint density at radius 1 is 0.938 bits per heavy atom. The summed E-state index contributed by atoms with van der Waals surface area (Å²) in [5.41, 5.74) is 0. The fourth-order valence-electron chi connectivity index (χ4n) is 0.770. The zero-order chi connectivity index (χ0) is 12.6. The molecule has 0 saturated heterocycles. The molecule has 0 fully saturated rings. The molecule has 0 radical (unpaired) electrons. The fourth-order valence-corrected chi connectivity index (χ4v) is 0.770. The van der Waals surface area contributed by atoms with Gasteiger partial charge in [-0.05, 0) is 13.8 Å². The zero-order valence-electron chi connectivity index (χ0n) is 10.1. The van der Waals surface area contributed by atoms with E-state index in [1.165, 1.54) is 13.8 Å². The van der Waals surface area contributed by atoms with Crippen molar-refractivity contribution in [1.82, 2.24) is 0 Å². The average Bonchev–Trinajstić information content (AvgIpc) is 2.20. The van der Waals surface area contributed by atoms with Crippen LogP contribution in [0.15, 0.2) is 10.2 Å². The number of carbonyl (C=O) groups is 2. The van der Waals surface area contributed by atoms with Crippen LogP contribution >= 0.6 is 0 Å². The third-order valence-electron chi connectivity index (χ3n) is 1.52. The lowest BCUT2D eigenvalue weighted by Crippen LogP contribution is -2.14. The molecule has 0 amide bonds. The summed E-state index contributed by atoms with van der Waals surface area (Å²) in [6, 6.07) is -0.382. The smallest absolute Gasteiger partial charge is 0.302 e. The summed E-state index contributed by atoms with van der Waals surface area (Å²) < 4.78 is 9.51. The largest absolute Gasteiger partial charge is 0.464 e. The lowest BCUT2D eigenvalue weighted by molar-refractivity contribution is -0.142. The van der Waals surface area contributed by atoms with Gasteiger partial charge in [0.15, 0.2) is 0 Å². The Kier molecular flexibility index (Phi) is 7.07. The topological polar surface area (TPSA) is 77.3 Å². The van der Waals surface area contributed by atoms with Gasteiger partial charge in [-0.3, -0.25) is 9.59 Å². The van der Waals surface area contributed by atoms with Gasteiger partial charge in [0.05, 0.1) is 0 Å². The third-order valence-corrected chi connectivity index (χ3v) is 1.52. The molecule has 0 heterocycles. The zero-order valence-corrected chi connectivity index (χ0v) is 10.1. The maximum Gasteiger partial charge on any atom is 0.302 e. The normalized spacial score (nSPS) is 14.5. The van der Waals surface area contributed by atoms with Crippen molar-refractivity contribution in [3.8, 4) is 0 Å². The van der Waals surface area contributed by atoms with Gasteiger partial charge in [-0.2, -0.15) is 10.2 Å². The SMILES string of the molecule is CC(=O)OCC(C)N=NC(C)COC(C)=O. The molecule has 0 aliphatic rings. The standard InChI is InChI=1S/C10H18N2O4/c1-7(5-15-9(3)13)11-12-8(2)6-16-10(4)14/h7-8H,5-6H2,1-4H3. The van der Waals surface area contributed by atoms with E-state index in [4.69, 9.17) is 9.47 Å². The van der Waals surface area contributed by atoms with E-state index in [1.807, 2.05) is 0 Å². The first-order valence-corrected chi connectivity index (χ1v) is 5.08. The van der Waals surface area contributed by atoms with E-state index >= 15 is 0 Å². The minimum atomic E-state index is -0.338.